The van der Waals surface area contributed by atoms with E-state index < -0.39 is 10.0 Å². The van der Waals surface area contributed by atoms with Gasteiger partial charge in [0.1, 0.15) is 0 Å². The largest absolute Gasteiger partial charge is 0.376 e. The Morgan fingerprint density at radius 3 is 2.30 bits per heavy atom. The minimum atomic E-state index is -3.66. The molecule has 2 aromatic rings. The molecule has 7 nitrogen and oxygen atoms in total. The summed E-state index contributed by atoms with van der Waals surface area (Å²) in [6.45, 7) is 1.18. The number of amides is 1. The number of hydrogen-bond donors (Lipinski definition) is 2. The topological polar surface area (TPSA) is 95.7 Å². The molecule has 1 fully saturated rings. The van der Waals surface area contributed by atoms with Crippen LogP contribution in [0.3, 0.4) is 0 Å². The molecule has 3 rings (SSSR count). The van der Waals surface area contributed by atoms with Crippen molar-refractivity contribution in [3.8, 4) is 0 Å². The van der Waals surface area contributed by atoms with Gasteiger partial charge in [0, 0.05) is 37.4 Å². The number of benzene rings is 2. The van der Waals surface area contributed by atoms with E-state index in [1.54, 1.807) is 29.2 Å². The fourth-order valence-corrected chi connectivity index (χ4v) is 4.51. The van der Waals surface area contributed by atoms with Gasteiger partial charge < -0.3 is 16.0 Å². The summed E-state index contributed by atoms with van der Waals surface area (Å²) in [5.74, 6) is -0.0877. The van der Waals surface area contributed by atoms with E-state index in [0.29, 0.717) is 24.3 Å². The number of sulfonamides is 1. The van der Waals surface area contributed by atoms with Crippen molar-refractivity contribution in [2.45, 2.75) is 4.90 Å². The lowest BCUT2D eigenvalue weighted by Crippen LogP contribution is -2.50. The molecular weight excluding hydrogens is 384 g/mol. The predicted octanol–water partition coefficient (Wildman–Crippen LogP) is 1.49. The fraction of sp³-hybridized carbons (Fsp3) is 0.222. The Hall–Kier alpha value is -2.49. The Balaban J connectivity index is 1.70. The molecule has 142 valence electrons. The maximum Gasteiger partial charge on any atom is 0.253 e. The summed E-state index contributed by atoms with van der Waals surface area (Å²) in [6, 6.07) is 15.3. The highest BCUT2D eigenvalue weighted by molar-refractivity contribution is 7.89. The smallest absolute Gasteiger partial charge is 0.253 e. The van der Waals surface area contributed by atoms with Gasteiger partial charge in [-0.3, -0.25) is 4.79 Å². The van der Waals surface area contributed by atoms with Crippen molar-refractivity contribution < 1.29 is 13.2 Å². The molecule has 1 aliphatic heterocycles. The van der Waals surface area contributed by atoms with E-state index in [1.165, 1.54) is 16.4 Å². The molecule has 3 N–H and O–H groups in total. The maximum atomic E-state index is 12.9. The van der Waals surface area contributed by atoms with Gasteiger partial charge in [-0.25, -0.2) is 8.42 Å². The number of hydrogen-bond acceptors (Lipinski definition) is 4. The summed E-state index contributed by atoms with van der Waals surface area (Å²) < 4.78 is 27.2. The molecule has 0 spiro atoms. The fourth-order valence-electron chi connectivity index (χ4n) is 2.92. The number of thiocarbonyl (C=S) groups is 1. The number of piperazine rings is 1. The van der Waals surface area contributed by atoms with E-state index in [1.807, 2.05) is 18.2 Å². The van der Waals surface area contributed by atoms with Gasteiger partial charge in [-0.1, -0.05) is 24.3 Å². The SMILES string of the molecule is NC(=S)Nc1cccc(S(=O)(=O)N2CCN(C(=O)c3ccccc3)CC2)c1. The molecule has 2 aromatic carbocycles. The zero-order chi connectivity index (χ0) is 19.4. The second-order valence-electron chi connectivity index (χ2n) is 6.08. The number of carbonyl (C=O) groups is 1. The molecule has 1 heterocycles. The molecule has 27 heavy (non-hydrogen) atoms. The van der Waals surface area contributed by atoms with Crippen molar-refractivity contribution in [2.24, 2.45) is 5.73 Å². The average Bonchev–Trinajstić information content (AvgIpc) is 2.68. The van der Waals surface area contributed by atoms with Gasteiger partial charge in [0.05, 0.1) is 4.90 Å². The Morgan fingerprint density at radius 2 is 1.67 bits per heavy atom. The predicted molar refractivity (Wildman–Crippen MR) is 108 cm³/mol. The van der Waals surface area contributed by atoms with Crippen molar-refractivity contribution >= 4 is 38.9 Å². The Labute approximate surface area is 163 Å². The number of rotatable bonds is 4. The molecule has 0 unspecified atom stereocenters. The van der Waals surface area contributed by atoms with Crippen LogP contribution in [0.2, 0.25) is 0 Å². The summed E-state index contributed by atoms with van der Waals surface area (Å²) in [7, 11) is -3.66. The first-order valence-electron chi connectivity index (χ1n) is 8.39. The molecule has 1 aliphatic rings. The first-order chi connectivity index (χ1) is 12.9. The second-order valence-corrected chi connectivity index (χ2v) is 8.46. The molecule has 1 saturated heterocycles. The number of nitrogens with one attached hydrogen (secondary N) is 1. The molecule has 9 heteroatoms. The molecule has 0 bridgehead atoms. The zero-order valence-corrected chi connectivity index (χ0v) is 16.2. The van der Waals surface area contributed by atoms with Crippen molar-refractivity contribution in [1.82, 2.24) is 9.21 Å². The number of nitrogens with zero attached hydrogens (tertiary/aromatic N) is 2. The average molecular weight is 405 g/mol. The Kier molecular flexibility index (Phi) is 5.73. The lowest BCUT2D eigenvalue weighted by Gasteiger charge is -2.34. The van der Waals surface area contributed by atoms with Crippen LogP contribution >= 0.6 is 12.2 Å². The molecule has 1 amide bonds. The Morgan fingerprint density at radius 1 is 1.00 bits per heavy atom. The van der Waals surface area contributed by atoms with Crippen LogP contribution in [0.1, 0.15) is 10.4 Å². The van der Waals surface area contributed by atoms with Crippen molar-refractivity contribution in [2.75, 3.05) is 31.5 Å². The number of nitrogens with two attached hydrogens (primary N) is 1. The van der Waals surface area contributed by atoms with Gasteiger partial charge in [-0.15, -0.1) is 0 Å². The lowest BCUT2D eigenvalue weighted by molar-refractivity contribution is 0.0698. The van der Waals surface area contributed by atoms with Crippen LogP contribution in [0.25, 0.3) is 0 Å². The van der Waals surface area contributed by atoms with Crippen molar-refractivity contribution in [3.05, 3.63) is 60.2 Å². The minimum Gasteiger partial charge on any atom is -0.376 e. The van der Waals surface area contributed by atoms with E-state index in [9.17, 15) is 13.2 Å². The van der Waals surface area contributed by atoms with Gasteiger partial charge in [0.25, 0.3) is 5.91 Å². The van der Waals surface area contributed by atoms with E-state index in [-0.39, 0.29) is 29.0 Å². The standard InChI is InChI=1S/C18H20N4O3S2/c19-18(26)20-15-7-4-8-16(13-15)27(24,25)22-11-9-21(10-12-22)17(23)14-5-2-1-3-6-14/h1-8,13H,9-12H2,(H3,19,20,26). The quantitative estimate of drug-likeness (QED) is 0.750. The Bertz CT molecular complexity index is 940. The third-order valence-electron chi connectivity index (χ3n) is 4.29. The van der Waals surface area contributed by atoms with Gasteiger partial charge in [-0.05, 0) is 42.5 Å². The third-order valence-corrected chi connectivity index (χ3v) is 6.28. The van der Waals surface area contributed by atoms with Crippen LogP contribution in [-0.2, 0) is 10.0 Å². The van der Waals surface area contributed by atoms with Crippen molar-refractivity contribution in [1.29, 1.82) is 0 Å². The normalized spacial score (nSPS) is 15.3. The molecule has 0 atom stereocenters. The summed E-state index contributed by atoms with van der Waals surface area (Å²) in [6.07, 6.45) is 0. The summed E-state index contributed by atoms with van der Waals surface area (Å²) in [5.41, 5.74) is 6.56. The second kappa shape index (κ2) is 8.03. The molecular formula is C18H20N4O3S2. The first-order valence-corrected chi connectivity index (χ1v) is 10.2. The highest BCUT2D eigenvalue weighted by Crippen LogP contribution is 2.21. The van der Waals surface area contributed by atoms with Crippen LogP contribution < -0.4 is 11.1 Å². The molecule has 0 radical (unpaired) electrons. The van der Waals surface area contributed by atoms with Gasteiger partial charge in [0.15, 0.2) is 5.11 Å². The van der Waals surface area contributed by atoms with Crippen LogP contribution in [0.5, 0.6) is 0 Å². The monoisotopic (exact) mass is 404 g/mol. The number of anilines is 1. The molecule has 0 saturated carbocycles. The summed E-state index contributed by atoms with van der Waals surface area (Å²) in [4.78, 5) is 14.3. The first kappa shape index (κ1) is 19.3. The number of carbonyl (C=O) groups excluding carboxylic acids is 1. The third kappa shape index (κ3) is 4.44. The minimum absolute atomic E-state index is 0.0672. The summed E-state index contributed by atoms with van der Waals surface area (Å²) in [5, 5.41) is 2.80. The lowest BCUT2D eigenvalue weighted by atomic mass is 10.2. The molecule has 0 aliphatic carbocycles. The van der Waals surface area contributed by atoms with Crippen LogP contribution in [0.15, 0.2) is 59.5 Å². The van der Waals surface area contributed by atoms with E-state index in [0.717, 1.165) is 0 Å². The van der Waals surface area contributed by atoms with Crippen LogP contribution in [-0.4, -0.2) is 54.8 Å². The van der Waals surface area contributed by atoms with E-state index in [2.05, 4.69) is 5.32 Å². The van der Waals surface area contributed by atoms with Gasteiger partial charge in [0.2, 0.25) is 10.0 Å². The van der Waals surface area contributed by atoms with E-state index >= 15 is 0 Å². The van der Waals surface area contributed by atoms with Crippen LogP contribution in [0.4, 0.5) is 5.69 Å². The van der Waals surface area contributed by atoms with Gasteiger partial charge in [-0.2, -0.15) is 4.31 Å². The van der Waals surface area contributed by atoms with Crippen LogP contribution in [0, 0.1) is 0 Å². The highest BCUT2D eigenvalue weighted by Gasteiger charge is 2.30. The summed E-state index contributed by atoms with van der Waals surface area (Å²) >= 11 is 4.79. The van der Waals surface area contributed by atoms with E-state index in [4.69, 9.17) is 18.0 Å². The zero-order valence-electron chi connectivity index (χ0n) is 14.5. The molecule has 0 aromatic heterocycles. The maximum absolute atomic E-state index is 12.9. The highest BCUT2D eigenvalue weighted by atomic mass is 32.2. The van der Waals surface area contributed by atoms with Gasteiger partial charge >= 0.3 is 0 Å². The van der Waals surface area contributed by atoms with Crippen molar-refractivity contribution in [3.63, 3.8) is 0 Å².